The van der Waals surface area contributed by atoms with Gasteiger partial charge in [-0.25, -0.2) is 0 Å². The molecule has 0 aliphatic heterocycles. The molecular weight excluding hydrogens is 236 g/mol. The van der Waals surface area contributed by atoms with Crippen LogP contribution in [0.25, 0.3) is 0 Å². The second-order valence-electron chi connectivity index (χ2n) is 4.21. The van der Waals surface area contributed by atoms with E-state index in [1.165, 1.54) is 4.90 Å². The molecular formula is C16H14N2O. The Balaban J connectivity index is 2.26. The Kier molecular flexibility index (Phi) is 3.94. The minimum absolute atomic E-state index is 0.222. The zero-order chi connectivity index (χ0) is 13.7. The fourth-order valence-electron chi connectivity index (χ4n) is 1.89. The normalized spacial score (nSPS) is 11.4. The van der Waals surface area contributed by atoms with E-state index in [-0.39, 0.29) is 5.91 Å². The number of benzene rings is 2. The summed E-state index contributed by atoms with van der Waals surface area (Å²) in [6.07, 6.45) is 0. The molecule has 94 valence electrons. The first-order valence-corrected chi connectivity index (χ1v) is 6.01. The van der Waals surface area contributed by atoms with E-state index in [2.05, 4.69) is 6.07 Å². The van der Waals surface area contributed by atoms with Gasteiger partial charge in [0.2, 0.25) is 5.91 Å². The summed E-state index contributed by atoms with van der Waals surface area (Å²) >= 11 is 0. The Bertz CT molecular complexity index is 587. The van der Waals surface area contributed by atoms with Crippen LogP contribution in [0, 0.1) is 11.3 Å². The van der Waals surface area contributed by atoms with Crippen LogP contribution in [0.2, 0.25) is 0 Å². The molecule has 1 amide bonds. The predicted molar refractivity (Wildman–Crippen MR) is 74.6 cm³/mol. The number of hydrogen-bond acceptors (Lipinski definition) is 2. The summed E-state index contributed by atoms with van der Waals surface area (Å²) in [6.45, 7) is 0. The minimum Gasteiger partial charge on any atom is -0.314 e. The Morgan fingerprint density at radius 3 is 2.11 bits per heavy atom. The Labute approximate surface area is 112 Å². The molecule has 0 aliphatic rings. The van der Waals surface area contributed by atoms with Crippen LogP contribution in [-0.4, -0.2) is 13.0 Å². The quantitative estimate of drug-likeness (QED) is 0.840. The molecule has 3 heteroatoms. The maximum atomic E-state index is 12.4. The Hall–Kier alpha value is -2.60. The molecule has 0 saturated carbocycles. The molecule has 0 bridgehead atoms. The van der Waals surface area contributed by atoms with Crippen molar-refractivity contribution in [3.63, 3.8) is 0 Å². The molecule has 2 rings (SSSR count). The van der Waals surface area contributed by atoms with Crippen molar-refractivity contribution in [2.45, 2.75) is 5.92 Å². The Morgan fingerprint density at radius 1 is 1.05 bits per heavy atom. The molecule has 0 fully saturated rings. The summed E-state index contributed by atoms with van der Waals surface area (Å²) in [7, 11) is 1.69. The standard InChI is InChI=1S/C16H14N2O/c1-18(14-10-6-3-7-11-14)16(19)15(12-17)13-8-4-2-5-9-13/h2-11,15H,1H3. The average Bonchev–Trinajstić information content (AvgIpc) is 2.49. The van der Waals surface area contributed by atoms with Crippen molar-refractivity contribution in [1.29, 1.82) is 5.26 Å². The highest BCUT2D eigenvalue weighted by molar-refractivity contribution is 5.99. The second-order valence-corrected chi connectivity index (χ2v) is 4.21. The summed E-state index contributed by atoms with van der Waals surface area (Å²) in [4.78, 5) is 13.9. The fourth-order valence-corrected chi connectivity index (χ4v) is 1.89. The fraction of sp³-hybridized carbons (Fsp3) is 0.125. The number of hydrogen-bond donors (Lipinski definition) is 0. The molecule has 0 aromatic heterocycles. The summed E-state index contributed by atoms with van der Waals surface area (Å²) in [6, 6.07) is 20.5. The Morgan fingerprint density at radius 2 is 1.58 bits per heavy atom. The van der Waals surface area contributed by atoms with Gasteiger partial charge in [-0.3, -0.25) is 4.79 Å². The molecule has 2 aromatic rings. The van der Waals surface area contributed by atoms with Gasteiger partial charge >= 0.3 is 0 Å². The van der Waals surface area contributed by atoms with E-state index in [0.717, 1.165) is 11.3 Å². The SMILES string of the molecule is CN(C(=O)C(C#N)c1ccccc1)c1ccccc1. The van der Waals surface area contributed by atoms with Crippen LogP contribution in [0.15, 0.2) is 60.7 Å². The first-order valence-electron chi connectivity index (χ1n) is 6.01. The van der Waals surface area contributed by atoms with Crippen molar-refractivity contribution < 1.29 is 4.79 Å². The van der Waals surface area contributed by atoms with E-state index in [4.69, 9.17) is 0 Å². The first-order chi connectivity index (χ1) is 9.24. The first kappa shape index (κ1) is 12.8. The van der Waals surface area contributed by atoms with Crippen LogP contribution in [-0.2, 0) is 4.79 Å². The molecule has 1 atom stereocenters. The molecule has 1 unspecified atom stereocenters. The summed E-state index contributed by atoms with van der Waals surface area (Å²) in [5.74, 6) is -0.994. The van der Waals surface area contributed by atoms with Gasteiger partial charge in [-0.1, -0.05) is 48.5 Å². The van der Waals surface area contributed by atoms with E-state index in [1.807, 2.05) is 48.5 Å². The third-order valence-corrected chi connectivity index (χ3v) is 2.98. The average molecular weight is 250 g/mol. The van der Waals surface area contributed by atoms with Gasteiger partial charge in [-0.05, 0) is 17.7 Å². The van der Waals surface area contributed by atoms with Gasteiger partial charge in [0.25, 0.3) is 0 Å². The van der Waals surface area contributed by atoms with Gasteiger partial charge in [0, 0.05) is 12.7 Å². The van der Waals surface area contributed by atoms with Crippen molar-refractivity contribution in [3.8, 4) is 6.07 Å². The lowest BCUT2D eigenvalue weighted by atomic mass is 9.99. The third kappa shape index (κ3) is 2.80. The number of para-hydroxylation sites is 1. The maximum Gasteiger partial charge on any atom is 0.248 e. The number of likely N-dealkylation sites (N-methyl/N-ethyl adjacent to an activating group) is 1. The van der Waals surface area contributed by atoms with Crippen molar-refractivity contribution in [1.82, 2.24) is 0 Å². The predicted octanol–water partition coefficient (Wildman–Crippen LogP) is 2.96. The molecule has 0 spiro atoms. The molecule has 0 heterocycles. The number of carbonyl (C=O) groups is 1. The van der Waals surface area contributed by atoms with E-state index >= 15 is 0 Å². The zero-order valence-corrected chi connectivity index (χ0v) is 10.7. The molecule has 0 radical (unpaired) electrons. The van der Waals surface area contributed by atoms with Crippen molar-refractivity contribution in [3.05, 3.63) is 66.2 Å². The number of amides is 1. The highest BCUT2D eigenvalue weighted by Crippen LogP contribution is 2.21. The number of nitriles is 1. The lowest BCUT2D eigenvalue weighted by molar-refractivity contribution is -0.118. The third-order valence-electron chi connectivity index (χ3n) is 2.98. The van der Waals surface area contributed by atoms with E-state index in [0.29, 0.717) is 0 Å². The van der Waals surface area contributed by atoms with Crippen molar-refractivity contribution in [2.75, 3.05) is 11.9 Å². The van der Waals surface area contributed by atoms with Crippen LogP contribution in [0.3, 0.4) is 0 Å². The largest absolute Gasteiger partial charge is 0.314 e. The van der Waals surface area contributed by atoms with Crippen molar-refractivity contribution in [2.24, 2.45) is 0 Å². The molecule has 0 saturated heterocycles. The number of rotatable bonds is 3. The van der Waals surface area contributed by atoms with Crippen molar-refractivity contribution >= 4 is 11.6 Å². The second kappa shape index (κ2) is 5.83. The van der Waals surface area contributed by atoms with Gasteiger partial charge in [0.1, 0.15) is 0 Å². The monoisotopic (exact) mass is 250 g/mol. The maximum absolute atomic E-state index is 12.4. The van der Waals surface area contributed by atoms with Crippen LogP contribution in [0.1, 0.15) is 11.5 Å². The topological polar surface area (TPSA) is 44.1 Å². The van der Waals surface area contributed by atoms with Gasteiger partial charge in [-0.15, -0.1) is 0 Å². The molecule has 2 aromatic carbocycles. The number of anilines is 1. The summed E-state index contributed by atoms with van der Waals surface area (Å²) in [5, 5.41) is 9.25. The van der Waals surface area contributed by atoms with Crippen LogP contribution in [0.5, 0.6) is 0 Å². The van der Waals surface area contributed by atoms with E-state index < -0.39 is 5.92 Å². The smallest absolute Gasteiger partial charge is 0.248 e. The van der Waals surface area contributed by atoms with Gasteiger partial charge in [-0.2, -0.15) is 5.26 Å². The zero-order valence-electron chi connectivity index (χ0n) is 10.7. The van der Waals surface area contributed by atoms with Crippen LogP contribution < -0.4 is 4.90 Å². The van der Waals surface area contributed by atoms with Gasteiger partial charge < -0.3 is 4.90 Å². The lowest BCUT2D eigenvalue weighted by Gasteiger charge is -2.20. The summed E-state index contributed by atoms with van der Waals surface area (Å²) in [5.41, 5.74) is 1.50. The van der Waals surface area contributed by atoms with E-state index in [9.17, 15) is 10.1 Å². The minimum atomic E-state index is -0.772. The number of nitrogens with zero attached hydrogens (tertiary/aromatic N) is 2. The molecule has 0 N–H and O–H groups in total. The lowest BCUT2D eigenvalue weighted by Crippen LogP contribution is -2.31. The number of carbonyl (C=O) groups excluding carboxylic acids is 1. The summed E-state index contributed by atoms with van der Waals surface area (Å²) < 4.78 is 0. The molecule has 19 heavy (non-hydrogen) atoms. The molecule has 0 aliphatic carbocycles. The molecule has 3 nitrogen and oxygen atoms in total. The van der Waals surface area contributed by atoms with Gasteiger partial charge in [0.15, 0.2) is 5.92 Å². The van der Waals surface area contributed by atoms with E-state index in [1.54, 1.807) is 19.2 Å². The van der Waals surface area contributed by atoms with Crippen LogP contribution >= 0.6 is 0 Å². The van der Waals surface area contributed by atoms with Gasteiger partial charge in [0.05, 0.1) is 6.07 Å². The van der Waals surface area contributed by atoms with Crippen LogP contribution in [0.4, 0.5) is 5.69 Å². The highest BCUT2D eigenvalue weighted by Gasteiger charge is 2.24. The highest BCUT2D eigenvalue weighted by atomic mass is 16.2.